The number of carbonyl (C=O) groups is 3. The van der Waals surface area contributed by atoms with Crippen molar-refractivity contribution in [1.82, 2.24) is 5.32 Å². The SMILES string of the molecule is C=CC[C@H](C(N)=O)[C@@H](CC1CCCC1)C(=O)NC1CN(c2ccccc2)c2ccccc2N(Cc2cccc(Oc3ccccc3)c2)C1=O. The highest BCUT2D eigenvalue weighted by Crippen LogP contribution is 2.39. The van der Waals surface area contributed by atoms with E-state index < -0.39 is 23.8 Å². The quantitative estimate of drug-likeness (QED) is 0.145. The summed E-state index contributed by atoms with van der Waals surface area (Å²) in [7, 11) is 0. The van der Waals surface area contributed by atoms with Crippen LogP contribution in [0.25, 0.3) is 0 Å². The van der Waals surface area contributed by atoms with E-state index in [1.54, 1.807) is 11.0 Å². The van der Waals surface area contributed by atoms with Gasteiger partial charge in [0, 0.05) is 5.69 Å². The molecule has 252 valence electrons. The molecule has 1 saturated carbocycles. The van der Waals surface area contributed by atoms with Gasteiger partial charge in [0.1, 0.15) is 17.5 Å². The number of nitrogens with two attached hydrogens (primary N) is 1. The van der Waals surface area contributed by atoms with Crippen LogP contribution in [0.1, 0.15) is 44.1 Å². The van der Waals surface area contributed by atoms with Crippen LogP contribution in [0.5, 0.6) is 11.5 Å². The van der Waals surface area contributed by atoms with E-state index in [1.165, 1.54) is 0 Å². The van der Waals surface area contributed by atoms with Gasteiger partial charge >= 0.3 is 0 Å². The Bertz CT molecular complexity index is 1760. The fourth-order valence-electron chi connectivity index (χ4n) is 7.22. The van der Waals surface area contributed by atoms with Crippen LogP contribution >= 0.6 is 0 Å². The number of hydrogen-bond donors (Lipinski definition) is 2. The molecule has 3 atom stereocenters. The standard InChI is InChI=1S/C41H44N4O4/c1-2-14-34(39(42)46)35(26-29-15-9-10-16-29)40(47)43-36-28-44(31-18-5-3-6-19-31)37-23-11-12-24-38(37)45(41(36)48)27-30-17-13-22-33(25-30)49-32-20-7-4-8-21-32/h2-8,11-13,17-25,29,34-36H,1,9-10,14-16,26-28H2,(H2,42,46)(H,43,47)/t34-,35+,36?/m0/s1. The first-order valence-electron chi connectivity index (χ1n) is 17.2. The summed E-state index contributed by atoms with van der Waals surface area (Å²) in [5.41, 5.74) is 9.22. The molecule has 0 bridgehead atoms. The molecule has 0 saturated heterocycles. The molecule has 49 heavy (non-hydrogen) atoms. The summed E-state index contributed by atoms with van der Waals surface area (Å²) in [6.07, 6.45) is 6.75. The van der Waals surface area contributed by atoms with Crippen LogP contribution in [-0.4, -0.2) is 30.3 Å². The van der Waals surface area contributed by atoms with Crippen LogP contribution in [0.15, 0.2) is 122 Å². The number of carbonyl (C=O) groups excluding carboxylic acids is 3. The van der Waals surface area contributed by atoms with Crippen molar-refractivity contribution >= 4 is 34.8 Å². The number of ether oxygens (including phenoxy) is 1. The van der Waals surface area contributed by atoms with Gasteiger partial charge in [-0.1, -0.05) is 92.4 Å². The smallest absolute Gasteiger partial charge is 0.251 e. The molecular weight excluding hydrogens is 612 g/mol. The third kappa shape index (κ3) is 8.03. The molecule has 3 amide bonds. The summed E-state index contributed by atoms with van der Waals surface area (Å²) in [6.45, 7) is 4.29. The average Bonchev–Trinajstić information content (AvgIpc) is 3.61. The van der Waals surface area contributed by atoms with Crippen LogP contribution in [0.4, 0.5) is 17.1 Å². The van der Waals surface area contributed by atoms with Crippen LogP contribution in [-0.2, 0) is 20.9 Å². The minimum atomic E-state index is -0.910. The second-order valence-electron chi connectivity index (χ2n) is 13.0. The molecule has 0 spiro atoms. The average molecular weight is 657 g/mol. The molecule has 8 nitrogen and oxygen atoms in total. The van der Waals surface area contributed by atoms with Crippen molar-refractivity contribution in [3.05, 3.63) is 127 Å². The monoisotopic (exact) mass is 656 g/mol. The number of anilines is 3. The molecule has 1 heterocycles. The molecule has 1 unspecified atom stereocenters. The Kier molecular flexibility index (Phi) is 10.7. The lowest BCUT2D eigenvalue weighted by molar-refractivity contribution is -0.135. The van der Waals surface area contributed by atoms with Crippen LogP contribution in [0, 0.1) is 17.8 Å². The van der Waals surface area contributed by atoms with Crippen LogP contribution < -0.4 is 25.6 Å². The molecule has 0 radical (unpaired) electrons. The van der Waals surface area contributed by atoms with Crippen molar-refractivity contribution in [1.29, 1.82) is 0 Å². The normalized spacial score (nSPS) is 17.5. The number of para-hydroxylation sites is 4. The van der Waals surface area contributed by atoms with Gasteiger partial charge in [0.2, 0.25) is 11.8 Å². The van der Waals surface area contributed by atoms with Crippen molar-refractivity contribution in [3.63, 3.8) is 0 Å². The Labute approximate surface area is 288 Å². The maximum absolute atomic E-state index is 14.7. The van der Waals surface area contributed by atoms with E-state index in [0.29, 0.717) is 24.5 Å². The molecule has 2 aliphatic rings. The third-order valence-corrected chi connectivity index (χ3v) is 9.67. The van der Waals surface area contributed by atoms with Crippen molar-refractivity contribution in [2.45, 2.75) is 51.1 Å². The second-order valence-corrected chi connectivity index (χ2v) is 13.0. The van der Waals surface area contributed by atoms with Gasteiger partial charge in [-0.25, -0.2) is 0 Å². The number of hydrogen-bond acceptors (Lipinski definition) is 5. The first-order valence-corrected chi connectivity index (χ1v) is 17.2. The van der Waals surface area contributed by atoms with Gasteiger partial charge in [0.15, 0.2) is 0 Å². The van der Waals surface area contributed by atoms with Gasteiger partial charge in [0.05, 0.1) is 36.3 Å². The lowest BCUT2D eigenvalue weighted by atomic mass is 9.80. The zero-order valence-corrected chi connectivity index (χ0v) is 27.7. The van der Waals surface area contributed by atoms with Crippen molar-refractivity contribution in [3.8, 4) is 11.5 Å². The molecule has 0 aromatic heterocycles. The molecule has 8 heteroatoms. The van der Waals surface area contributed by atoms with Crippen LogP contribution in [0.2, 0.25) is 0 Å². The largest absolute Gasteiger partial charge is 0.457 e. The van der Waals surface area contributed by atoms with Crippen LogP contribution in [0.3, 0.4) is 0 Å². The minimum absolute atomic E-state index is 0.206. The van der Waals surface area contributed by atoms with Gasteiger partial charge in [-0.3, -0.25) is 14.4 Å². The Morgan fingerprint density at radius 2 is 1.51 bits per heavy atom. The highest BCUT2D eigenvalue weighted by molar-refractivity contribution is 6.04. The Hall–Kier alpha value is -5.37. The van der Waals surface area contributed by atoms with Crippen molar-refractivity contribution in [2.24, 2.45) is 23.5 Å². The van der Waals surface area contributed by atoms with Crippen molar-refractivity contribution < 1.29 is 19.1 Å². The van der Waals surface area contributed by atoms with E-state index in [-0.39, 0.29) is 24.9 Å². The zero-order valence-electron chi connectivity index (χ0n) is 27.7. The molecule has 3 N–H and O–H groups in total. The number of allylic oxidation sites excluding steroid dienone is 1. The number of amides is 3. The highest BCUT2D eigenvalue weighted by Gasteiger charge is 2.39. The number of primary amides is 1. The van der Waals surface area contributed by atoms with E-state index in [9.17, 15) is 14.4 Å². The highest BCUT2D eigenvalue weighted by atomic mass is 16.5. The fourth-order valence-corrected chi connectivity index (χ4v) is 7.22. The molecule has 1 aliphatic carbocycles. The van der Waals surface area contributed by atoms with Gasteiger partial charge in [-0.05, 0) is 72.9 Å². The van der Waals surface area contributed by atoms with E-state index in [2.05, 4.69) is 16.8 Å². The second kappa shape index (κ2) is 15.7. The predicted molar refractivity (Wildman–Crippen MR) is 194 cm³/mol. The maximum Gasteiger partial charge on any atom is 0.251 e. The number of nitrogens with zero attached hydrogens (tertiary/aromatic N) is 2. The lowest BCUT2D eigenvalue weighted by Crippen LogP contribution is -2.54. The Morgan fingerprint density at radius 1 is 0.857 bits per heavy atom. The summed E-state index contributed by atoms with van der Waals surface area (Å²) in [4.78, 5) is 45.6. The molecule has 4 aromatic rings. The number of nitrogens with one attached hydrogen (secondary N) is 1. The van der Waals surface area contributed by atoms with E-state index in [1.807, 2.05) is 109 Å². The maximum atomic E-state index is 14.7. The first-order chi connectivity index (χ1) is 23.9. The molecule has 1 fully saturated rings. The number of benzene rings is 4. The minimum Gasteiger partial charge on any atom is -0.457 e. The molecule has 1 aliphatic heterocycles. The fraction of sp³-hybridized carbons (Fsp3) is 0.293. The van der Waals surface area contributed by atoms with Gasteiger partial charge in [-0.2, -0.15) is 0 Å². The number of fused-ring (bicyclic) bond motifs is 1. The summed E-state index contributed by atoms with van der Waals surface area (Å²) >= 11 is 0. The van der Waals surface area contributed by atoms with Gasteiger partial charge in [0.25, 0.3) is 5.91 Å². The summed E-state index contributed by atoms with van der Waals surface area (Å²) in [5, 5.41) is 3.13. The topological polar surface area (TPSA) is 105 Å². The summed E-state index contributed by atoms with van der Waals surface area (Å²) < 4.78 is 6.11. The zero-order chi connectivity index (χ0) is 34.2. The summed E-state index contributed by atoms with van der Waals surface area (Å²) in [5.74, 6) is -0.755. The van der Waals surface area contributed by atoms with E-state index in [4.69, 9.17) is 10.5 Å². The Morgan fingerprint density at radius 3 is 2.20 bits per heavy atom. The first kappa shape index (κ1) is 33.5. The molecule has 4 aromatic carbocycles. The lowest BCUT2D eigenvalue weighted by Gasteiger charge is -2.30. The van der Waals surface area contributed by atoms with E-state index >= 15 is 0 Å². The summed E-state index contributed by atoms with van der Waals surface area (Å²) in [6, 6.07) is 34.0. The van der Waals surface area contributed by atoms with Gasteiger partial charge < -0.3 is 25.6 Å². The molecular formula is C41H44N4O4. The van der Waals surface area contributed by atoms with E-state index in [0.717, 1.165) is 54.1 Å². The van der Waals surface area contributed by atoms with Crippen molar-refractivity contribution in [2.75, 3.05) is 16.3 Å². The molecule has 6 rings (SSSR count). The van der Waals surface area contributed by atoms with Gasteiger partial charge in [-0.15, -0.1) is 6.58 Å². The predicted octanol–water partition coefficient (Wildman–Crippen LogP) is 7.52. The number of rotatable bonds is 13. The third-order valence-electron chi connectivity index (χ3n) is 9.67. The Balaban J connectivity index is 1.35.